The van der Waals surface area contributed by atoms with Gasteiger partial charge in [-0.2, -0.15) is 0 Å². The Balaban J connectivity index is 2.28. The standard InChI is InChI=1S/C18H19O3P/c1-4-20-22(19)18-13(2)9-8-12-16(18)17(14(3)21-22)15-10-6-5-7-11-15/h5-12H,4H2,1-3H3. The summed E-state index contributed by atoms with van der Waals surface area (Å²) in [6, 6.07) is 15.9. The van der Waals surface area contributed by atoms with Crippen LogP contribution < -0.4 is 5.30 Å². The van der Waals surface area contributed by atoms with Gasteiger partial charge in [-0.25, -0.2) is 4.57 Å². The van der Waals surface area contributed by atoms with Crippen LogP contribution in [0.25, 0.3) is 5.57 Å². The minimum absolute atomic E-state index is 0.346. The first-order chi connectivity index (χ1) is 10.6. The van der Waals surface area contributed by atoms with E-state index < -0.39 is 7.60 Å². The van der Waals surface area contributed by atoms with Crippen LogP contribution in [0.15, 0.2) is 54.3 Å². The number of hydrogen-bond donors (Lipinski definition) is 0. The molecule has 0 radical (unpaired) electrons. The molecule has 2 aromatic rings. The lowest BCUT2D eigenvalue weighted by Gasteiger charge is -2.30. The van der Waals surface area contributed by atoms with Crippen LogP contribution in [0.4, 0.5) is 0 Å². The van der Waals surface area contributed by atoms with E-state index >= 15 is 0 Å². The average molecular weight is 314 g/mol. The summed E-state index contributed by atoms with van der Waals surface area (Å²) in [5.74, 6) is 0.640. The molecule has 0 saturated carbocycles. The molecule has 3 rings (SSSR count). The molecule has 1 unspecified atom stereocenters. The molecule has 0 aromatic heterocycles. The van der Waals surface area contributed by atoms with Gasteiger partial charge in [0.25, 0.3) is 0 Å². The van der Waals surface area contributed by atoms with Gasteiger partial charge in [0.1, 0.15) is 5.76 Å². The Bertz CT molecular complexity index is 778. The van der Waals surface area contributed by atoms with Crippen molar-refractivity contribution in [2.24, 2.45) is 0 Å². The number of fused-ring (bicyclic) bond motifs is 1. The third-order valence-electron chi connectivity index (χ3n) is 3.75. The average Bonchev–Trinajstić information content (AvgIpc) is 2.48. The molecular formula is C18H19O3P. The van der Waals surface area contributed by atoms with Gasteiger partial charge < -0.3 is 4.52 Å². The number of hydrogen-bond acceptors (Lipinski definition) is 3. The molecule has 1 atom stereocenters. The third kappa shape index (κ3) is 2.41. The Morgan fingerprint density at radius 3 is 2.45 bits per heavy atom. The van der Waals surface area contributed by atoms with Crippen LogP contribution in [0.1, 0.15) is 30.5 Å². The van der Waals surface area contributed by atoms with Gasteiger partial charge in [-0.05, 0) is 31.9 Å². The fourth-order valence-corrected chi connectivity index (χ4v) is 4.96. The maximum Gasteiger partial charge on any atom is 0.411 e. The van der Waals surface area contributed by atoms with Crippen molar-refractivity contribution in [2.75, 3.05) is 6.61 Å². The smallest absolute Gasteiger partial charge is 0.411 e. The Hall–Kier alpha value is -1.83. The minimum Gasteiger partial charge on any atom is -0.425 e. The molecule has 0 aliphatic carbocycles. The summed E-state index contributed by atoms with van der Waals surface area (Å²) in [5, 5.41) is 0.682. The molecule has 0 spiro atoms. The predicted octanol–water partition coefficient (Wildman–Crippen LogP) is 4.66. The SMILES string of the molecule is CCOP1(=O)OC(C)=C(c2ccccc2)c2cccc(C)c21. The zero-order chi connectivity index (χ0) is 15.7. The highest BCUT2D eigenvalue weighted by Gasteiger charge is 2.39. The summed E-state index contributed by atoms with van der Waals surface area (Å²) in [6.45, 7) is 5.96. The Morgan fingerprint density at radius 2 is 1.77 bits per heavy atom. The third-order valence-corrected chi connectivity index (χ3v) is 6.01. The van der Waals surface area contributed by atoms with Crippen molar-refractivity contribution in [3.8, 4) is 0 Å². The lowest BCUT2D eigenvalue weighted by molar-refractivity contribution is 0.259. The molecular weight excluding hydrogens is 295 g/mol. The molecule has 114 valence electrons. The van der Waals surface area contributed by atoms with Gasteiger partial charge in [0.2, 0.25) is 0 Å². The first-order valence-corrected chi connectivity index (χ1v) is 8.92. The molecule has 2 aromatic carbocycles. The Morgan fingerprint density at radius 1 is 1.05 bits per heavy atom. The molecule has 1 aliphatic heterocycles. The van der Waals surface area contributed by atoms with E-state index in [1.54, 1.807) is 0 Å². The number of allylic oxidation sites excluding steroid dienone is 1. The predicted molar refractivity (Wildman–Crippen MR) is 89.3 cm³/mol. The van der Waals surface area contributed by atoms with E-state index in [4.69, 9.17) is 9.05 Å². The number of benzene rings is 2. The van der Waals surface area contributed by atoms with Gasteiger partial charge >= 0.3 is 7.60 Å². The molecule has 0 N–H and O–H groups in total. The highest BCUT2D eigenvalue weighted by molar-refractivity contribution is 7.62. The molecule has 22 heavy (non-hydrogen) atoms. The fourth-order valence-electron chi connectivity index (χ4n) is 2.91. The Labute approximate surface area is 131 Å². The topological polar surface area (TPSA) is 35.5 Å². The van der Waals surface area contributed by atoms with Gasteiger partial charge in [-0.3, -0.25) is 4.52 Å². The normalized spacial score (nSPS) is 20.5. The Kier molecular flexibility index (Phi) is 3.94. The summed E-state index contributed by atoms with van der Waals surface area (Å²) in [6.07, 6.45) is 0. The number of rotatable bonds is 3. The fraction of sp³-hybridized carbons (Fsp3) is 0.222. The van der Waals surface area contributed by atoms with Crippen LogP contribution in [0, 0.1) is 6.92 Å². The molecule has 0 bridgehead atoms. The van der Waals surface area contributed by atoms with E-state index in [-0.39, 0.29) is 0 Å². The van der Waals surface area contributed by atoms with Crippen molar-refractivity contribution < 1.29 is 13.6 Å². The molecule has 3 nitrogen and oxygen atoms in total. The second-order valence-electron chi connectivity index (χ2n) is 5.27. The van der Waals surface area contributed by atoms with Crippen LogP contribution in [0.2, 0.25) is 0 Å². The van der Waals surface area contributed by atoms with Crippen LogP contribution in [0.3, 0.4) is 0 Å². The van der Waals surface area contributed by atoms with Gasteiger partial charge in [0.15, 0.2) is 0 Å². The van der Waals surface area contributed by atoms with Crippen LogP contribution in [0.5, 0.6) is 0 Å². The second kappa shape index (κ2) is 5.75. The maximum atomic E-state index is 13.2. The van der Waals surface area contributed by atoms with Crippen molar-refractivity contribution in [3.05, 3.63) is 71.0 Å². The summed E-state index contributed by atoms with van der Waals surface area (Å²) in [7, 11) is -3.31. The zero-order valence-electron chi connectivity index (χ0n) is 13.0. The van der Waals surface area contributed by atoms with Crippen molar-refractivity contribution in [2.45, 2.75) is 20.8 Å². The van der Waals surface area contributed by atoms with Gasteiger partial charge in [-0.1, -0.05) is 48.5 Å². The molecule has 1 aliphatic rings. The van der Waals surface area contributed by atoms with E-state index in [0.29, 0.717) is 17.7 Å². The van der Waals surface area contributed by atoms with E-state index in [1.165, 1.54) is 0 Å². The highest BCUT2D eigenvalue weighted by Crippen LogP contribution is 2.55. The zero-order valence-corrected chi connectivity index (χ0v) is 13.9. The summed E-state index contributed by atoms with van der Waals surface area (Å²) >= 11 is 0. The van der Waals surface area contributed by atoms with E-state index in [0.717, 1.165) is 22.3 Å². The first-order valence-electron chi connectivity index (χ1n) is 7.38. The monoisotopic (exact) mass is 314 g/mol. The molecule has 1 heterocycles. The molecule has 4 heteroatoms. The lowest BCUT2D eigenvalue weighted by atomic mass is 9.95. The van der Waals surface area contributed by atoms with Gasteiger partial charge in [0.05, 0.1) is 11.9 Å². The van der Waals surface area contributed by atoms with Gasteiger partial charge in [-0.15, -0.1) is 0 Å². The van der Waals surface area contributed by atoms with Crippen molar-refractivity contribution in [3.63, 3.8) is 0 Å². The van der Waals surface area contributed by atoms with Crippen LogP contribution in [-0.2, 0) is 13.6 Å². The summed E-state index contributed by atoms with van der Waals surface area (Å²) in [5.41, 5.74) is 3.89. The van der Waals surface area contributed by atoms with Gasteiger partial charge in [0, 0.05) is 11.1 Å². The lowest BCUT2D eigenvalue weighted by Crippen LogP contribution is -2.22. The minimum atomic E-state index is -3.31. The summed E-state index contributed by atoms with van der Waals surface area (Å²) < 4.78 is 24.5. The van der Waals surface area contributed by atoms with Crippen molar-refractivity contribution >= 4 is 18.5 Å². The molecule has 0 amide bonds. The summed E-state index contributed by atoms with van der Waals surface area (Å²) in [4.78, 5) is 0. The second-order valence-corrected chi connectivity index (χ2v) is 7.16. The van der Waals surface area contributed by atoms with E-state index in [1.807, 2.05) is 69.3 Å². The first kappa shape index (κ1) is 15.1. The number of aryl methyl sites for hydroxylation is 1. The van der Waals surface area contributed by atoms with Crippen molar-refractivity contribution in [1.82, 2.24) is 0 Å². The molecule has 0 saturated heterocycles. The van der Waals surface area contributed by atoms with E-state index in [2.05, 4.69) is 0 Å². The largest absolute Gasteiger partial charge is 0.425 e. The highest BCUT2D eigenvalue weighted by atomic mass is 31.2. The van der Waals surface area contributed by atoms with Crippen LogP contribution >= 0.6 is 7.60 Å². The molecule has 0 fully saturated rings. The van der Waals surface area contributed by atoms with E-state index in [9.17, 15) is 4.57 Å². The van der Waals surface area contributed by atoms with Crippen molar-refractivity contribution in [1.29, 1.82) is 0 Å². The van der Waals surface area contributed by atoms with Crippen LogP contribution in [-0.4, -0.2) is 6.61 Å². The quantitative estimate of drug-likeness (QED) is 0.773. The maximum absolute atomic E-state index is 13.2.